The molecule has 1 atom stereocenters. The number of amides is 2. The fraction of sp³-hybridized carbons (Fsp3) is 0.750. The van der Waals surface area contributed by atoms with Crippen LogP contribution in [0.4, 0.5) is 4.79 Å². The van der Waals surface area contributed by atoms with Gasteiger partial charge in [0.25, 0.3) is 0 Å². The number of hydrogen-bond acceptors (Lipinski definition) is 3. The summed E-state index contributed by atoms with van der Waals surface area (Å²) in [6.07, 6.45) is 2.21. The van der Waals surface area contributed by atoms with Crippen LogP contribution in [-0.4, -0.2) is 43.9 Å². The summed E-state index contributed by atoms with van der Waals surface area (Å²) in [6, 6.07) is -0.458. The Morgan fingerprint density at radius 2 is 2.06 bits per heavy atom. The van der Waals surface area contributed by atoms with Crippen LogP contribution >= 0.6 is 0 Å². The maximum atomic E-state index is 11.8. The molecule has 1 N–H and O–H groups in total. The summed E-state index contributed by atoms with van der Waals surface area (Å²) in [4.78, 5) is 13.3. The van der Waals surface area contributed by atoms with Crippen molar-refractivity contribution in [3.8, 4) is 0 Å². The molecule has 18 heavy (non-hydrogen) atoms. The molecule has 0 bridgehead atoms. The van der Waals surface area contributed by atoms with Crippen LogP contribution < -0.4 is 5.32 Å². The molecule has 1 heterocycles. The molecule has 104 valence electrons. The molecule has 2 amide bonds. The van der Waals surface area contributed by atoms with E-state index in [9.17, 15) is 13.2 Å². The van der Waals surface area contributed by atoms with Gasteiger partial charge in [-0.2, -0.15) is 0 Å². The van der Waals surface area contributed by atoms with Gasteiger partial charge in [0, 0.05) is 19.3 Å². The standard InChI is InChI=1S/C12H22N2O3S/c1-9(2)10(3)7-13-12(15)14(4)11-5-6-18(16,17)8-11/h7,9,11H,5-6,8H2,1-4H3,(H,13,15)/b10-7+. The SMILES string of the molecule is C/C(=C\NC(=O)N(C)C1CCS(=O)(=O)C1)C(C)C. The molecule has 5 nitrogen and oxygen atoms in total. The van der Waals surface area contributed by atoms with Gasteiger partial charge < -0.3 is 10.2 Å². The van der Waals surface area contributed by atoms with Crippen LogP contribution in [0.2, 0.25) is 0 Å². The van der Waals surface area contributed by atoms with E-state index in [-0.39, 0.29) is 23.6 Å². The van der Waals surface area contributed by atoms with Crippen molar-refractivity contribution in [1.29, 1.82) is 0 Å². The lowest BCUT2D eigenvalue weighted by Gasteiger charge is -2.23. The van der Waals surface area contributed by atoms with E-state index in [1.807, 2.05) is 20.8 Å². The predicted molar refractivity (Wildman–Crippen MR) is 71.9 cm³/mol. The molecule has 1 unspecified atom stereocenters. The summed E-state index contributed by atoms with van der Waals surface area (Å²) < 4.78 is 22.7. The maximum absolute atomic E-state index is 11.8. The molecule has 0 saturated carbocycles. The number of allylic oxidation sites excluding steroid dienone is 1. The van der Waals surface area contributed by atoms with Crippen molar-refractivity contribution in [2.45, 2.75) is 33.2 Å². The minimum atomic E-state index is -2.96. The van der Waals surface area contributed by atoms with Crippen LogP contribution in [0, 0.1) is 5.92 Å². The molecular weight excluding hydrogens is 252 g/mol. The topological polar surface area (TPSA) is 66.5 Å². The van der Waals surface area contributed by atoms with Crippen molar-refractivity contribution in [1.82, 2.24) is 10.2 Å². The maximum Gasteiger partial charge on any atom is 0.321 e. The van der Waals surface area contributed by atoms with Gasteiger partial charge in [-0.15, -0.1) is 0 Å². The Kier molecular flexibility index (Phi) is 4.78. The van der Waals surface area contributed by atoms with Gasteiger partial charge >= 0.3 is 6.03 Å². The molecule has 0 aromatic heterocycles. The lowest BCUT2D eigenvalue weighted by molar-refractivity contribution is 0.199. The Morgan fingerprint density at radius 3 is 2.50 bits per heavy atom. The third-order valence-electron chi connectivity index (χ3n) is 3.41. The molecule has 0 aliphatic carbocycles. The smallest absolute Gasteiger partial charge is 0.321 e. The molecule has 1 saturated heterocycles. The molecule has 0 spiro atoms. The lowest BCUT2D eigenvalue weighted by Crippen LogP contribution is -2.42. The molecular formula is C12H22N2O3S. The summed E-state index contributed by atoms with van der Waals surface area (Å²) in [5, 5.41) is 2.70. The summed E-state index contributed by atoms with van der Waals surface area (Å²) in [5.74, 6) is 0.627. The van der Waals surface area contributed by atoms with Gasteiger partial charge in [-0.1, -0.05) is 19.4 Å². The lowest BCUT2D eigenvalue weighted by atomic mass is 10.1. The van der Waals surface area contributed by atoms with Gasteiger partial charge in [-0.3, -0.25) is 0 Å². The van der Waals surface area contributed by atoms with E-state index in [2.05, 4.69) is 5.32 Å². The van der Waals surface area contributed by atoms with Crippen molar-refractivity contribution in [3.05, 3.63) is 11.8 Å². The number of rotatable bonds is 3. The van der Waals surface area contributed by atoms with Crippen LogP contribution in [0.1, 0.15) is 27.2 Å². The summed E-state index contributed by atoms with van der Waals surface area (Å²) >= 11 is 0. The molecule has 0 aromatic rings. The van der Waals surface area contributed by atoms with Crippen molar-refractivity contribution in [2.75, 3.05) is 18.6 Å². The average Bonchev–Trinajstić information content (AvgIpc) is 2.64. The zero-order chi connectivity index (χ0) is 13.9. The van der Waals surface area contributed by atoms with Crippen molar-refractivity contribution in [3.63, 3.8) is 0 Å². The Bertz CT molecular complexity index is 440. The Labute approximate surface area is 109 Å². The van der Waals surface area contributed by atoms with E-state index in [1.165, 1.54) is 4.90 Å². The largest absolute Gasteiger partial charge is 0.324 e. The first-order valence-electron chi connectivity index (χ1n) is 6.13. The molecule has 1 aliphatic rings. The second-order valence-corrected chi connectivity index (χ2v) is 7.39. The average molecular weight is 274 g/mol. The fourth-order valence-corrected chi connectivity index (χ4v) is 3.47. The van der Waals surface area contributed by atoms with Gasteiger partial charge in [0.05, 0.1) is 11.5 Å². The van der Waals surface area contributed by atoms with E-state index in [0.717, 1.165) is 5.57 Å². The first-order valence-corrected chi connectivity index (χ1v) is 7.95. The van der Waals surface area contributed by atoms with Gasteiger partial charge in [-0.25, -0.2) is 13.2 Å². The van der Waals surface area contributed by atoms with Gasteiger partial charge in [-0.05, 0) is 19.3 Å². The van der Waals surface area contributed by atoms with Crippen LogP contribution in [0.5, 0.6) is 0 Å². The second-order valence-electron chi connectivity index (χ2n) is 5.16. The van der Waals surface area contributed by atoms with Crippen molar-refractivity contribution >= 4 is 15.9 Å². The highest BCUT2D eigenvalue weighted by Crippen LogP contribution is 2.16. The van der Waals surface area contributed by atoms with Gasteiger partial charge in [0.1, 0.15) is 0 Å². The Balaban J connectivity index is 2.55. The molecule has 0 aromatic carbocycles. The monoisotopic (exact) mass is 274 g/mol. The number of carbonyl (C=O) groups is 1. The van der Waals surface area contributed by atoms with E-state index in [4.69, 9.17) is 0 Å². The fourth-order valence-electron chi connectivity index (χ4n) is 1.69. The number of nitrogens with one attached hydrogen (secondary N) is 1. The van der Waals surface area contributed by atoms with Gasteiger partial charge in [0.15, 0.2) is 9.84 Å². The highest BCUT2D eigenvalue weighted by molar-refractivity contribution is 7.91. The van der Waals surface area contributed by atoms with E-state index < -0.39 is 9.84 Å². The summed E-state index contributed by atoms with van der Waals surface area (Å²) in [7, 11) is -1.32. The minimum absolute atomic E-state index is 0.0732. The second kappa shape index (κ2) is 5.73. The molecule has 1 aliphatic heterocycles. The van der Waals surface area contributed by atoms with E-state index in [1.54, 1.807) is 13.2 Å². The van der Waals surface area contributed by atoms with Crippen LogP contribution in [-0.2, 0) is 9.84 Å². The van der Waals surface area contributed by atoms with E-state index >= 15 is 0 Å². The van der Waals surface area contributed by atoms with Crippen molar-refractivity contribution in [2.24, 2.45) is 5.92 Å². The first kappa shape index (κ1) is 15.0. The number of nitrogens with zero attached hydrogens (tertiary/aromatic N) is 1. The predicted octanol–water partition coefficient (Wildman–Crippen LogP) is 1.37. The zero-order valence-corrected chi connectivity index (χ0v) is 12.3. The number of carbonyl (C=O) groups excluding carboxylic acids is 1. The highest BCUT2D eigenvalue weighted by Gasteiger charge is 2.32. The summed E-state index contributed by atoms with van der Waals surface area (Å²) in [6.45, 7) is 6.04. The molecule has 1 fully saturated rings. The zero-order valence-electron chi connectivity index (χ0n) is 11.4. The normalized spacial score (nSPS) is 23.2. The third kappa shape index (κ3) is 4.01. The van der Waals surface area contributed by atoms with Gasteiger partial charge in [0.2, 0.25) is 0 Å². The number of hydrogen-bond donors (Lipinski definition) is 1. The highest BCUT2D eigenvalue weighted by atomic mass is 32.2. The quantitative estimate of drug-likeness (QED) is 0.845. The number of urea groups is 1. The molecule has 6 heteroatoms. The summed E-state index contributed by atoms with van der Waals surface area (Å²) in [5.41, 5.74) is 1.08. The Hall–Kier alpha value is -1.04. The Morgan fingerprint density at radius 1 is 1.44 bits per heavy atom. The van der Waals surface area contributed by atoms with Crippen molar-refractivity contribution < 1.29 is 13.2 Å². The molecule has 0 radical (unpaired) electrons. The van der Waals surface area contributed by atoms with Crippen LogP contribution in [0.25, 0.3) is 0 Å². The minimum Gasteiger partial charge on any atom is -0.324 e. The third-order valence-corrected chi connectivity index (χ3v) is 5.16. The van der Waals surface area contributed by atoms with E-state index in [0.29, 0.717) is 12.3 Å². The van der Waals surface area contributed by atoms with Crippen LogP contribution in [0.3, 0.4) is 0 Å². The van der Waals surface area contributed by atoms with Crippen LogP contribution in [0.15, 0.2) is 11.8 Å². The first-order chi connectivity index (χ1) is 8.23. The number of sulfone groups is 1. The molecule has 1 rings (SSSR count).